The zero-order chi connectivity index (χ0) is 18.1. The van der Waals surface area contributed by atoms with Crippen LogP contribution >= 0.6 is 11.7 Å². The summed E-state index contributed by atoms with van der Waals surface area (Å²) < 4.78 is 18.6. The minimum atomic E-state index is -0.439. The van der Waals surface area contributed by atoms with Crippen LogP contribution in [-0.2, 0) is 14.3 Å². The number of carbonyl (C=O) groups excluding carboxylic acids is 2. The van der Waals surface area contributed by atoms with Crippen molar-refractivity contribution in [2.45, 2.75) is 12.3 Å². The fourth-order valence-corrected chi connectivity index (χ4v) is 3.65. The van der Waals surface area contributed by atoms with Crippen LogP contribution in [-0.4, -0.2) is 34.3 Å². The summed E-state index contributed by atoms with van der Waals surface area (Å²) >= 11 is 1.16. The topological polar surface area (TPSA) is 90.4 Å². The van der Waals surface area contributed by atoms with Gasteiger partial charge in [-0.05, 0) is 29.8 Å². The first-order valence-electron chi connectivity index (χ1n) is 8.00. The van der Waals surface area contributed by atoms with Crippen LogP contribution in [0.15, 0.2) is 36.4 Å². The first-order valence-corrected chi connectivity index (χ1v) is 8.73. The van der Waals surface area contributed by atoms with Crippen LogP contribution in [0, 0.1) is 0 Å². The molecule has 7 nitrogen and oxygen atoms in total. The zero-order valence-electron chi connectivity index (χ0n) is 13.9. The molecule has 4 rings (SSSR count). The SMILES string of the molecule is COC(=O)COc1ccc(C2CC(=O)Nc3ccc4nsnc4c32)cc1. The molecule has 132 valence electrons. The van der Waals surface area contributed by atoms with E-state index in [2.05, 4.69) is 18.8 Å². The van der Waals surface area contributed by atoms with E-state index in [1.54, 1.807) is 12.1 Å². The zero-order valence-corrected chi connectivity index (χ0v) is 14.7. The second kappa shape index (κ2) is 6.72. The summed E-state index contributed by atoms with van der Waals surface area (Å²) in [6.07, 6.45) is 0.339. The number of hydrogen-bond donors (Lipinski definition) is 1. The lowest BCUT2D eigenvalue weighted by atomic mass is 9.84. The predicted molar refractivity (Wildman–Crippen MR) is 96.5 cm³/mol. The monoisotopic (exact) mass is 369 g/mol. The summed E-state index contributed by atoms with van der Waals surface area (Å²) in [4.78, 5) is 23.3. The molecule has 26 heavy (non-hydrogen) atoms. The van der Waals surface area contributed by atoms with Crippen molar-refractivity contribution in [3.05, 3.63) is 47.5 Å². The van der Waals surface area contributed by atoms with Gasteiger partial charge in [-0.3, -0.25) is 4.79 Å². The molecule has 8 heteroatoms. The maximum absolute atomic E-state index is 12.1. The lowest BCUT2D eigenvalue weighted by Gasteiger charge is -2.26. The summed E-state index contributed by atoms with van der Waals surface area (Å²) in [7, 11) is 1.31. The van der Waals surface area contributed by atoms with E-state index < -0.39 is 5.97 Å². The standard InChI is InChI=1S/C18H15N3O4S/c1-24-16(23)9-25-11-4-2-10(3-5-11)12-8-15(22)19-13-6-7-14-18(17(12)13)21-26-20-14/h2-7,12H,8-9H2,1H3,(H,19,22). The van der Waals surface area contributed by atoms with Crippen LogP contribution in [0.4, 0.5) is 5.69 Å². The third-order valence-corrected chi connectivity index (χ3v) is 4.89. The number of esters is 1. The molecule has 2 aromatic carbocycles. The average molecular weight is 369 g/mol. The van der Waals surface area contributed by atoms with Crippen molar-refractivity contribution >= 4 is 40.3 Å². The van der Waals surface area contributed by atoms with Crippen LogP contribution in [0.2, 0.25) is 0 Å². The Balaban J connectivity index is 1.67. The average Bonchev–Trinajstić information content (AvgIpc) is 3.14. The van der Waals surface area contributed by atoms with Crippen molar-refractivity contribution in [3.8, 4) is 5.75 Å². The predicted octanol–water partition coefficient (Wildman–Crippen LogP) is 2.72. The molecule has 0 fully saturated rings. The second-order valence-electron chi connectivity index (χ2n) is 5.90. The molecule has 0 bridgehead atoms. The quantitative estimate of drug-likeness (QED) is 0.711. The highest BCUT2D eigenvalue weighted by Gasteiger charge is 2.29. The van der Waals surface area contributed by atoms with E-state index in [4.69, 9.17) is 4.74 Å². The highest BCUT2D eigenvalue weighted by atomic mass is 32.1. The Kier molecular flexibility index (Phi) is 4.26. The number of benzene rings is 2. The van der Waals surface area contributed by atoms with Gasteiger partial charge in [0.25, 0.3) is 0 Å². The van der Waals surface area contributed by atoms with Crippen molar-refractivity contribution in [2.75, 3.05) is 19.0 Å². The van der Waals surface area contributed by atoms with Gasteiger partial charge in [-0.1, -0.05) is 12.1 Å². The van der Waals surface area contributed by atoms with Crippen LogP contribution in [0.3, 0.4) is 0 Å². The number of ether oxygens (including phenoxy) is 2. The largest absolute Gasteiger partial charge is 0.482 e. The molecule has 1 N–H and O–H groups in total. The number of anilines is 1. The Morgan fingerprint density at radius 3 is 2.81 bits per heavy atom. The molecule has 2 heterocycles. The van der Waals surface area contributed by atoms with Gasteiger partial charge in [-0.2, -0.15) is 8.75 Å². The molecule has 1 amide bonds. The molecule has 0 radical (unpaired) electrons. The molecule has 1 aliphatic rings. The number of nitrogens with one attached hydrogen (secondary N) is 1. The van der Waals surface area contributed by atoms with Gasteiger partial charge in [0.15, 0.2) is 6.61 Å². The number of rotatable bonds is 4. The van der Waals surface area contributed by atoms with E-state index in [1.165, 1.54) is 7.11 Å². The molecule has 1 aromatic heterocycles. The van der Waals surface area contributed by atoms with Gasteiger partial charge in [0.2, 0.25) is 5.91 Å². The minimum absolute atomic E-state index is 0.0314. The van der Waals surface area contributed by atoms with E-state index in [9.17, 15) is 9.59 Å². The summed E-state index contributed by atoms with van der Waals surface area (Å²) in [5, 5.41) is 2.91. The lowest BCUT2D eigenvalue weighted by Crippen LogP contribution is -2.23. The van der Waals surface area contributed by atoms with Gasteiger partial charge in [0.05, 0.1) is 18.8 Å². The van der Waals surface area contributed by atoms with Crippen molar-refractivity contribution < 1.29 is 19.1 Å². The Morgan fingerprint density at radius 1 is 1.23 bits per heavy atom. The summed E-state index contributed by atoms with van der Waals surface area (Å²) in [5.74, 6) is -0.0180. The van der Waals surface area contributed by atoms with E-state index in [-0.39, 0.29) is 18.4 Å². The van der Waals surface area contributed by atoms with Gasteiger partial charge in [0, 0.05) is 23.6 Å². The number of amides is 1. The van der Waals surface area contributed by atoms with E-state index >= 15 is 0 Å². The molecule has 1 aliphatic heterocycles. The van der Waals surface area contributed by atoms with Crippen LogP contribution in [0.1, 0.15) is 23.5 Å². The number of fused-ring (bicyclic) bond motifs is 3. The molecule has 3 aromatic rings. The van der Waals surface area contributed by atoms with Crippen molar-refractivity contribution in [2.24, 2.45) is 0 Å². The lowest BCUT2D eigenvalue weighted by molar-refractivity contribution is -0.142. The molecule has 0 saturated heterocycles. The number of carbonyl (C=O) groups is 2. The minimum Gasteiger partial charge on any atom is -0.482 e. The second-order valence-corrected chi connectivity index (χ2v) is 6.43. The first kappa shape index (κ1) is 16.5. The molecule has 1 atom stereocenters. The molecular formula is C18H15N3O4S. The first-order chi connectivity index (χ1) is 12.7. The summed E-state index contributed by atoms with van der Waals surface area (Å²) in [6.45, 7) is -0.143. The van der Waals surface area contributed by atoms with Gasteiger partial charge in [0.1, 0.15) is 16.8 Å². The fraction of sp³-hybridized carbons (Fsp3) is 0.222. The van der Waals surface area contributed by atoms with Gasteiger partial charge < -0.3 is 14.8 Å². The van der Waals surface area contributed by atoms with Crippen LogP contribution < -0.4 is 10.1 Å². The Morgan fingerprint density at radius 2 is 2.04 bits per heavy atom. The van der Waals surface area contributed by atoms with Crippen molar-refractivity contribution in [1.82, 2.24) is 8.75 Å². The van der Waals surface area contributed by atoms with Crippen molar-refractivity contribution in [1.29, 1.82) is 0 Å². The van der Waals surface area contributed by atoms with E-state index in [1.807, 2.05) is 24.3 Å². The summed E-state index contributed by atoms with van der Waals surface area (Å²) in [5.41, 5.74) is 4.39. The number of hydrogen-bond acceptors (Lipinski definition) is 7. The molecular weight excluding hydrogens is 354 g/mol. The summed E-state index contributed by atoms with van der Waals surface area (Å²) in [6, 6.07) is 11.1. The highest BCUT2D eigenvalue weighted by molar-refractivity contribution is 7.00. The molecule has 0 spiro atoms. The van der Waals surface area contributed by atoms with Crippen molar-refractivity contribution in [3.63, 3.8) is 0 Å². The normalized spacial score (nSPS) is 16.0. The van der Waals surface area contributed by atoms with Gasteiger partial charge >= 0.3 is 5.97 Å². The molecule has 0 aliphatic carbocycles. The smallest absolute Gasteiger partial charge is 0.343 e. The Bertz CT molecular complexity index is 984. The van der Waals surface area contributed by atoms with Gasteiger partial charge in [-0.15, -0.1) is 0 Å². The fourth-order valence-electron chi connectivity index (χ4n) is 3.10. The highest BCUT2D eigenvalue weighted by Crippen LogP contribution is 2.41. The van der Waals surface area contributed by atoms with E-state index in [0.717, 1.165) is 39.6 Å². The number of nitrogens with zero attached hydrogens (tertiary/aromatic N) is 2. The third kappa shape index (κ3) is 2.99. The molecule has 0 saturated carbocycles. The van der Waals surface area contributed by atoms with Gasteiger partial charge in [-0.25, -0.2) is 4.79 Å². The maximum Gasteiger partial charge on any atom is 0.343 e. The Labute approximate surface area is 153 Å². The Hall–Kier alpha value is -3.00. The number of methoxy groups -OCH3 is 1. The van der Waals surface area contributed by atoms with Crippen LogP contribution in [0.5, 0.6) is 5.75 Å². The number of aromatic nitrogens is 2. The van der Waals surface area contributed by atoms with Crippen LogP contribution in [0.25, 0.3) is 11.0 Å². The van der Waals surface area contributed by atoms with E-state index in [0.29, 0.717) is 12.2 Å². The maximum atomic E-state index is 12.1. The third-order valence-electron chi connectivity index (χ3n) is 4.35. The molecule has 1 unspecified atom stereocenters.